The number of amides is 1. The van der Waals surface area contributed by atoms with Crippen LogP contribution in [-0.4, -0.2) is 24.1 Å². The minimum Gasteiger partial charge on any atom is -0.437 e. The second kappa shape index (κ2) is 9.28. The number of hydrogen-bond acceptors (Lipinski definition) is 2. The maximum Gasteiger partial charge on any atom is 0.413 e. The molecular formula is C23H23NO2S. The molecule has 0 N–H and O–H groups in total. The highest BCUT2D eigenvalue weighted by Crippen LogP contribution is 2.31. The molecule has 3 aromatic carbocycles. The summed E-state index contributed by atoms with van der Waals surface area (Å²) in [6, 6.07) is 29.7. The molecule has 3 aromatic rings. The molecule has 3 rings (SSSR count). The van der Waals surface area contributed by atoms with Crippen LogP contribution in [-0.2, 0) is 10.9 Å². The molecule has 138 valence electrons. The summed E-state index contributed by atoms with van der Waals surface area (Å²) in [5.41, 5.74) is 0. The van der Waals surface area contributed by atoms with Crippen LogP contribution in [0.4, 0.5) is 4.79 Å². The van der Waals surface area contributed by atoms with Crippen molar-refractivity contribution in [3.8, 4) is 5.75 Å². The molecule has 4 heteroatoms. The number of carbonyl (C=O) groups excluding carboxylic acids is 1. The number of carbonyl (C=O) groups is 1. The zero-order valence-corrected chi connectivity index (χ0v) is 16.4. The van der Waals surface area contributed by atoms with Crippen LogP contribution < -0.4 is 4.74 Å². The van der Waals surface area contributed by atoms with Gasteiger partial charge in [0.05, 0.1) is 4.90 Å². The van der Waals surface area contributed by atoms with Gasteiger partial charge in [0.15, 0.2) is 9.79 Å². The van der Waals surface area contributed by atoms with Crippen LogP contribution in [0.15, 0.2) is 93.5 Å². The molecule has 0 aromatic heterocycles. The molecule has 3 nitrogen and oxygen atoms in total. The van der Waals surface area contributed by atoms with Gasteiger partial charge in [-0.2, -0.15) is 0 Å². The van der Waals surface area contributed by atoms with Gasteiger partial charge in [-0.05, 0) is 38.1 Å². The molecule has 0 heterocycles. The zero-order chi connectivity index (χ0) is 19.1. The maximum atomic E-state index is 12.1. The van der Waals surface area contributed by atoms with Crippen molar-refractivity contribution in [3.63, 3.8) is 0 Å². The first-order valence-corrected chi connectivity index (χ1v) is 10.3. The van der Waals surface area contributed by atoms with Gasteiger partial charge in [0.1, 0.15) is 0 Å². The Hall–Kier alpha value is -2.72. The summed E-state index contributed by atoms with van der Waals surface area (Å²) in [4.78, 5) is 17.4. The van der Waals surface area contributed by atoms with Gasteiger partial charge in [-0.1, -0.05) is 36.4 Å². The van der Waals surface area contributed by atoms with Gasteiger partial charge in [0.2, 0.25) is 0 Å². The molecule has 0 saturated heterocycles. The van der Waals surface area contributed by atoms with E-state index in [-0.39, 0.29) is 17.0 Å². The lowest BCUT2D eigenvalue weighted by atomic mass is 10.3. The van der Waals surface area contributed by atoms with E-state index < -0.39 is 0 Å². The number of benzene rings is 3. The van der Waals surface area contributed by atoms with Crippen molar-refractivity contribution in [1.82, 2.24) is 4.90 Å². The van der Waals surface area contributed by atoms with E-state index in [0.717, 1.165) is 4.90 Å². The van der Waals surface area contributed by atoms with E-state index in [1.54, 1.807) is 4.90 Å². The van der Waals surface area contributed by atoms with Crippen molar-refractivity contribution in [2.24, 2.45) is 0 Å². The highest BCUT2D eigenvalue weighted by molar-refractivity contribution is 7.97. The van der Waals surface area contributed by atoms with Crippen LogP contribution in [0.1, 0.15) is 13.8 Å². The summed E-state index contributed by atoms with van der Waals surface area (Å²) in [5, 5.41) is 0. The molecule has 0 unspecified atom stereocenters. The molecule has 0 saturated carbocycles. The Bertz CT molecular complexity index is 807. The molecule has 0 fully saturated rings. The normalized spacial score (nSPS) is 10.6. The molecule has 0 atom stereocenters. The van der Waals surface area contributed by atoms with Crippen LogP contribution in [0.25, 0.3) is 0 Å². The molecule has 0 aliphatic carbocycles. The average Bonchev–Trinajstić information content (AvgIpc) is 2.72. The van der Waals surface area contributed by atoms with Crippen molar-refractivity contribution in [2.75, 3.05) is 13.1 Å². The lowest BCUT2D eigenvalue weighted by molar-refractivity contribution is 0.157. The monoisotopic (exact) mass is 377 g/mol. The first kappa shape index (κ1) is 19.1. The molecule has 0 radical (unpaired) electrons. The smallest absolute Gasteiger partial charge is 0.413 e. The molecule has 27 heavy (non-hydrogen) atoms. The average molecular weight is 378 g/mol. The third kappa shape index (κ3) is 4.72. The molecule has 0 bridgehead atoms. The fraction of sp³-hybridized carbons (Fsp3) is 0.174. The van der Waals surface area contributed by atoms with E-state index in [2.05, 4.69) is 54.6 Å². The summed E-state index contributed by atoms with van der Waals surface area (Å²) in [6.45, 7) is 5.11. The third-order valence-electron chi connectivity index (χ3n) is 4.17. The van der Waals surface area contributed by atoms with E-state index in [1.165, 1.54) is 9.79 Å². The van der Waals surface area contributed by atoms with Gasteiger partial charge in [0.25, 0.3) is 0 Å². The standard InChI is InChI=1S/C23H23NO2S/c1-3-24(4-2)23(25)26-19-15-17-22(18-16-19)27(20-11-7-5-8-12-20)21-13-9-6-10-14-21/h5-15,17-18H,3-4H2,1-2H3. The van der Waals surface area contributed by atoms with Gasteiger partial charge in [0, 0.05) is 29.7 Å². The highest BCUT2D eigenvalue weighted by Gasteiger charge is 2.23. The Morgan fingerprint density at radius 2 is 1.41 bits per heavy atom. The third-order valence-corrected chi connectivity index (χ3v) is 6.38. The van der Waals surface area contributed by atoms with Crippen LogP contribution >= 0.6 is 0 Å². The summed E-state index contributed by atoms with van der Waals surface area (Å²) >= 11 is 0. The van der Waals surface area contributed by atoms with Gasteiger partial charge in [-0.3, -0.25) is 0 Å². The summed E-state index contributed by atoms with van der Waals surface area (Å²) < 4.78 is 5.44. The lowest BCUT2D eigenvalue weighted by Crippen LogP contribution is -2.33. The predicted octanol–water partition coefficient (Wildman–Crippen LogP) is 5.42. The Kier molecular flexibility index (Phi) is 6.55. The van der Waals surface area contributed by atoms with Crippen molar-refractivity contribution >= 4 is 17.0 Å². The first-order valence-electron chi connectivity index (χ1n) is 9.05. The minimum absolute atomic E-state index is 0.230. The SMILES string of the molecule is CCN(CC)C(=O)Oc1[c-]cc([S+](c2ccccc2)c2ccccc2)cc1. The van der Waals surface area contributed by atoms with E-state index in [9.17, 15) is 4.79 Å². The molecule has 0 aliphatic rings. The van der Waals surface area contributed by atoms with Crippen LogP contribution in [0, 0.1) is 6.07 Å². The highest BCUT2D eigenvalue weighted by atomic mass is 32.2. The predicted molar refractivity (Wildman–Crippen MR) is 109 cm³/mol. The van der Waals surface area contributed by atoms with Gasteiger partial charge in [-0.25, -0.2) is 4.79 Å². The Labute approximate surface area is 163 Å². The van der Waals surface area contributed by atoms with Gasteiger partial charge < -0.3 is 9.64 Å². The number of rotatable bonds is 6. The van der Waals surface area contributed by atoms with Crippen molar-refractivity contribution < 1.29 is 9.53 Å². The van der Waals surface area contributed by atoms with Crippen molar-refractivity contribution in [3.05, 3.63) is 84.9 Å². The number of hydrogen-bond donors (Lipinski definition) is 0. The Morgan fingerprint density at radius 1 is 0.852 bits per heavy atom. The van der Waals surface area contributed by atoms with Crippen LogP contribution in [0.3, 0.4) is 0 Å². The number of ether oxygens (including phenoxy) is 1. The summed E-state index contributed by atoms with van der Waals surface area (Å²) in [6.07, 6.45) is -0.339. The summed E-state index contributed by atoms with van der Waals surface area (Å²) in [7, 11) is -0.230. The molecule has 1 amide bonds. The van der Waals surface area contributed by atoms with Crippen LogP contribution in [0.5, 0.6) is 5.75 Å². The maximum absolute atomic E-state index is 12.1. The molecule has 0 aliphatic heterocycles. The van der Waals surface area contributed by atoms with E-state index in [0.29, 0.717) is 18.8 Å². The molecule has 0 spiro atoms. The Balaban J connectivity index is 1.87. The van der Waals surface area contributed by atoms with Crippen molar-refractivity contribution in [1.29, 1.82) is 0 Å². The van der Waals surface area contributed by atoms with Gasteiger partial charge >= 0.3 is 6.09 Å². The van der Waals surface area contributed by atoms with E-state index in [4.69, 9.17) is 4.74 Å². The fourth-order valence-corrected chi connectivity index (χ4v) is 4.80. The van der Waals surface area contributed by atoms with E-state index >= 15 is 0 Å². The Morgan fingerprint density at radius 3 is 1.85 bits per heavy atom. The largest absolute Gasteiger partial charge is 0.437 e. The van der Waals surface area contributed by atoms with E-state index in [1.807, 2.05) is 44.2 Å². The fourth-order valence-electron chi connectivity index (χ4n) is 2.75. The first-order chi connectivity index (χ1) is 13.2. The number of nitrogens with zero attached hydrogens (tertiary/aromatic N) is 1. The van der Waals surface area contributed by atoms with Gasteiger partial charge in [-0.15, -0.1) is 24.3 Å². The second-order valence-electron chi connectivity index (χ2n) is 5.86. The molecular weight excluding hydrogens is 354 g/mol. The van der Waals surface area contributed by atoms with Crippen molar-refractivity contribution in [2.45, 2.75) is 28.5 Å². The quantitative estimate of drug-likeness (QED) is 0.424. The topological polar surface area (TPSA) is 29.5 Å². The second-order valence-corrected chi connectivity index (χ2v) is 7.89. The summed E-state index contributed by atoms with van der Waals surface area (Å²) in [5.74, 6) is 0.445. The zero-order valence-electron chi connectivity index (χ0n) is 15.6. The minimum atomic E-state index is -0.339. The lowest BCUT2D eigenvalue weighted by Gasteiger charge is -2.20. The van der Waals surface area contributed by atoms with Crippen LogP contribution in [0.2, 0.25) is 0 Å².